The Morgan fingerprint density at radius 1 is 0.829 bits per heavy atom. The van der Waals surface area contributed by atoms with Gasteiger partial charge in [-0.2, -0.15) is 0 Å². The number of phenolic OH excluding ortho intramolecular Hbond substituents is 3. The number of aryl methyl sites for hydroxylation is 1. The van der Waals surface area contributed by atoms with E-state index in [4.69, 9.17) is 28.4 Å². The average molecular weight is 975 g/mol. The number of likely N-dealkylation sites (N-methyl/N-ethyl adjacent to an activating group) is 1. The number of hydrogen-bond donors (Lipinski definition) is 10. The first-order valence-corrected chi connectivity index (χ1v) is 21.9. The zero-order valence-corrected chi connectivity index (χ0v) is 38.0. The number of amides is 2. The first-order valence-electron chi connectivity index (χ1n) is 21.9. The second-order valence-corrected chi connectivity index (χ2v) is 17.4. The molecule has 0 unspecified atom stereocenters. The highest BCUT2D eigenvalue weighted by Crippen LogP contribution is 2.57. The Labute approximate surface area is 397 Å². The van der Waals surface area contributed by atoms with Crippen molar-refractivity contribution < 1.29 is 98.4 Å². The van der Waals surface area contributed by atoms with Crippen molar-refractivity contribution in [1.29, 1.82) is 0 Å². The number of fused-ring (bicyclic) bond motifs is 5. The number of aliphatic hydroxyl groups is 5. The lowest BCUT2D eigenvalue weighted by atomic mass is 9.74. The quantitative estimate of drug-likeness (QED) is 0.0895. The number of carbonyl (C=O) groups excluding carboxylic acids is 4. The van der Waals surface area contributed by atoms with Crippen molar-refractivity contribution in [1.82, 2.24) is 10.2 Å². The van der Waals surface area contributed by atoms with Gasteiger partial charge in [0.1, 0.15) is 78.4 Å². The van der Waals surface area contributed by atoms with E-state index in [1.54, 1.807) is 30.3 Å². The fourth-order valence-corrected chi connectivity index (χ4v) is 9.36. The molecule has 4 aliphatic rings. The van der Waals surface area contributed by atoms with E-state index in [9.17, 15) is 69.9 Å². The van der Waals surface area contributed by atoms with Gasteiger partial charge in [-0.25, -0.2) is 4.79 Å². The van der Waals surface area contributed by atoms with Crippen LogP contribution in [-0.2, 0) is 35.1 Å². The molecule has 10 N–H and O–H groups in total. The maximum absolute atomic E-state index is 14.2. The maximum Gasteiger partial charge on any atom is 0.410 e. The third-order valence-corrected chi connectivity index (χ3v) is 13.0. The van der Waals surface area contributed by atoms with Gasteiger partial charge in [0.2, 0.25) is 0 Å². The predicted octanol–water partition coefficient (Wildman–Crippen LogP) is 1.44. The van der Waals surface area contributed by atoms with Gasteiger partial charge in [0.25, 0.3) is 5.91 Å². The number of carboxylic acid groups (broad SMARTS) is 1. The number of ether oxygens (including phenoxy) is 6. The van der Waals surface area contributed by atoms with Gasteiger partial charge in [-0.1, -0.05) is 36.4 Å². The summed E-state index contributed by atoms with van der Waals surface area (Å²) < 4.78 is 35.0. The van der Waals surface area contributed by atoms with Crippen LogP contribution < -0.4 is 10.1 Å². The number of aliphatic hydroxyl groups excluding tert-OH is 5. The van der Waals surface area contributed by atoms with E-state index < -0.39 is 160 Å². The minimum atomic E-state index is -2.01. The number of phenols is 3. The molecular formula is C48H50N2O20. The van der Waals surface area contributed by atoms with Crippen molar-refractivity contribution >= 4 is 29.5 Å². The van der Waals surface area contributed by atoms with Gasteiger partial charge in [0.05, 0.1) is 42.6 Å². The number of benzene rings is 4. The molecule has 2 amide bonds. The fourth-order valence-electron chi connectivity index (χ4n) is 9.36. The van der Waals surface area contributed by atoms with E-state index >= 15 is 0 Å². The minimum Gasteiger partial charge on any atom is -0.507 e. The maximum atomic E-state index is 14.2. The molecule has 4 aromatic carbocycles. The number of aliphatic carboxylic acids is 1. The van der Waals surface area contributed by atoms with Gasteiger partial charge in [0, 0.05) is 35.4 Å². The number of nitrogens with zero attached hydrogens (tertiary/aromatic N) is 1. The second-order valence-electron chi connectivity index (χ2n) is 17.4. The second kappa shape index (κ2) is 19.2. The van der Waals surface area contributed by atoms with E-state index in [1.165, 1.54) is 47.1 Å². The van der Waals surface area contributed by atoms with Crippen LogP contribution in [0.4, 0.5) is 4.79 Å². The molecule has 0 aromatic heterocycles. The summed E-state index contributed by atoms with van der Waals surface area (Å²) in [7, 11) is 2.57. The van der Waals surface area contributed by atoms with Crippen molar-refractivity contribution in [2.45, 2.75) is 101 Å². The third-order valence-electron chi connectivity index (χ3n) is 13.0. The van der Waals surface area contributed by atoms with Crippen LogP contribution in [0.25, 0.3) is 11.1 Å². The molecule has 22 nitrogen and oxygen atoms in total. The van der Waals surface area contributed by atoms with E-state index in [0.29, 0.717) is 5.56 Å². The standard InChI is InChI=1S/C48H50N2O20/c1-17-11-25-31(38(57)28(17)44(61)49-18(2)45(62)63)30-23(14-24-32(39(30)58)35(54)22-12-21(65-5)13-26(51)29(22)34(24)53)36(55)42(25)69-47-41(60)43(70-46-40(59)37(56)27(52)16-66-46)33(19(3)68-47)50(4)48(64)67-15-20-9-7-6-8-10-20/h6-14,18-19,27,33,36-37,40-43,46-47,51-52,55-60H,15-16H2,1-5H3,(H,49,61)(H,62,63)/t18-,19-,27-,33+,36+,37-,40-,41-,42+,43+,46+,47+/m1/s1. The van der Waals surface area contributed by atoms with Crippen molar-refractivity contribution in [3.05, 3.63) is 105 Å². The Hall–Kier alpha value is -6.73. The lowest BCUT2D eigenvalue weighted by molar-refractivity contribution is -0.344. The predicted molar refractivity (Wildman–Crippen MR) is 236 cm³/mol. The van der Waals surface area contributed by atoms with Gasteiger partial charge >= 0.3 is 12.1 Å². The topological polar surface area (TPSA) is 338 Å². The number of nitrogens with one attached hydrogen (secondary N) is 1. The molecule has 2 heterocycles. The number of hydrogen-bond acceptors (Lipinski definition) is 19. The molecule has 8 rings (SSSR count). The summed E-state index contributed by atoms with van der Waals surface area (Å²) in [5.74, 6) is -6.91. The van der Waals surface area contributed by atoms with Crippen LogP contribution in [-0.4, -0.2) is 162 Å². The summed E-state index contributed by atoms with van der Waals surface area (Å²) in [5, 5.41) is 103. The van der Waals surface area contributed by atoms with Crippen LogP contribution in [0.1, 0.15) is 90.5 Å². The number of methoxy groups -OCH3 is 1. The highest BCUT2D eigenvalue weighted by Gasteiger charge is 2.53. The first-order chi connectivity index (χ1) is 33.2. The van der Waals surface area contributed by atoms with E-state index in [-0.39, 0.29) is 34.6 Å². The lowest BCUT2D eigenvalue weighted by Gasteiger charge is -2.49. The Morgan fingerprint density at radius 2 is 1.49 bits per heavy atom. The van der Waals surface area contributed by atoms with E-state index in [1.807, 2.05) is 0 Å². The number of carboxylic acids is 1. The average Bonchev–Trinajstić information content (AvgIpc) is 3.32. The molecular weight excluding hydrogens is 925 g/mol. The van der Waals surface area contributed by atoms with E-state index in [0.717, 1.165) is 17.0 Å². The molecule has 2 fully saturated rings. The van der Waals surface area contributed by atoms with Gasteiger partial charge in [-0.05, 0) is 55.2 Å². The molecule has 0 radical (unpaired) electrons. The monoisotopic (exact) mass is 974 g/mol. The summed E-state index contributed by atoms with van der Waals surface area (Å²) in [6.07, 6.45) is -18.3. The van der Waals surface area contributed by atoms with Gasteiger partial charge < -0.3 is 84.6 Å². The zero-order valence-electron chi connectivity index (χ0n) is 38.0. The molecule has 4 aromatic rings. The van der Waals surface area contributed by atoms with Crippen LogP contribution in [0.3, 0.4) is 0 Å². The molecule has 12 atom stereocenters. The Balaban J connectivity index is 1.22. The highest BCUT2D eigenvalue weighted by atomic mass is 16.7. The molecule has 0 bridgehead atoms. The summed E-state index contributed by atoms with van der Waals surface area (Å²) in [4.78, 5) is 68.5. The zero-order chi connectivity index (χ0) is 50.8. The lowest BCUT2D eigenvalue weighted by Crippen LogP contribution is -2.66. The number of carbonyl (C=O) groups is 5. The van der Waals surface area contributed by atoms with Crippen LogP contribution >= 0.6 is 0 Å². The molecule has 2 aliphatic carbocycles. The molecule has 0 spiro atoms. The largest absolute Gasteiger partial charge is 0.507 e. The Morgan fingerprint density at radius 3 is 2.16 bits per heavy atom. The van der Waals surface area contributed by atoms with Gasteiger partial charge in [-0.15, -0.1) is 0 Å². The SMILES string of the molecule is COc1cc(O)c2c(c1)C(=O)c1c(cc3c(c1O)-c1c(cc(C)c(C(=O)N[C@H](C)C(=O)O)c1O)[C@H](O[C@@H]1O[C@H](C)[C@H](N(C)C(=O)OCc4ccccc4)[C@H](O[C@@H]4OC[C@@H](O)[C@@H](O)[C@H]4O)[C@H]1O)[C@H]3O)C2=O. The van der Waals surface area contributed by atoms with Crippen LogP contribution in [0.2, 0.25) is 0 Å². The smallest absolute Gasteiger partial charge is 0.410 e. The number of ketones is 2. The van der Waals surface area contributed by atoms with Crippen LogP contribution in [0.5, 0.6) is 23.0 Å². The van der Waals surface area contributed by atoms with Crippen molar-refractivity contribution in [2.75, 3.05) is 20.8 Å². The van der Waals surface area contributed by atoms with Crippen LogP contribution in [0.15, 0.2) is 54.6 Å². The Bertz CT molecular complexity index is 2770. The summed E-state index contributed by atoms with van der Waals surface area (Å²) >= 11 is 0. The molecule has 22 heteroatoms. The summed E-state index contributed by atoms with van der Waals surface area (Å²) in [6, 6.07) is 10.5. The van der Waals surface area contributed by atoms with Crippen molar-refractivity contribution in [2.24, 2.45) is 0 Å². The normalized spacial score (nSPS) is 27.3. The van der Waals surface area contributed by atoms with Crippen molar-refractivity contribution in [3.63, 3.8) is 0 Å². The van der Waals surface area contributed by atoms with Crippen LogP contribution in [0, 0.1) is 6.92 Å². The highest BCUT2D eigenvalue weighted by molar-refractivity contribution is 6.31. The number of aromatic hydroxyl groups is 3. The summed E-state index contributed by atoms with van der Waals surface area (Å²) in [5.41, 5.74) is -3.19. The van der Waals surface area contributed by atoms with E-state index in [2.05, 4.69) is 5.32 Å². The molecule has 2 saturated heterocycles. The van der Waals surface area contributed by atoms with Gasteiger partial charge in [0.15, 0.2) is 24.1 Å². The molecule has 372 valence electrons. The van der Waals surface area contributed by atoms with Crippen molar-refractivity contribution in [3.8, 4) is 34.1 Å². The third kappa shape index (κ3) is 8.56. The molecule has 2 aliphatic heterocycles. The molecule has 0 saturated carbocycles. The first kappa shape index (κ1) is 49.7. The van der Waals surface area contributed by atoms with Gasteiger partial charge in [-0.3, -0.25) is 19.2 Å². The number of rotatable bonds is 11. The molecule has 70 heavy (non-hydrogen) atoms. The minimum absolute atomic E-state index is 0.00714. The fraction of sp³-hybridized carbons (Fsp3) is 0.396. The Kier molecular flexibility index (Phi) is 13.6. The summed E-state index contributed by atoms with van der Waals surface area (Å²) in [6.45, 7) is 3.33.